The summed E-state index contributed by atoms with van der Waals surface area (Å²) in [5.74, 6) is 0.736. The molecule has 2 fully saturated rings. The standard InChI is InChI=1S/C15H31N3O/c1-14(2)15-13-18(6-3-5-16-15)8-4-7-17-9-11-19-12-10-17/h14-16H,3-13H2,1-2H3. The molecule has 0 aromatic carbocycles. The van der Waals surface area contributed by atoms with Crippen molar-refractivity contribution in [3.63, 3.8) is 0 Å². The molecule has 0 amide bonds. The normalized spacial score (nSPS) is 27.6. The molecule has 0 aliphatic carbocycles. The second-order valence-electron chi connectivity index (χ2n) is 6.27. The van der Waals surface area contributed by atoms with E-state index in [1.54, 1.807) is 0 Å². The number of nitrogens with zero attached hydrogens (tertiary/aromatic N) is 2. The molecule has 0 saturated carbocycles. The highest BCUT2D eigenvalue weighted by Gasteiger charge is 2.20. The maximum absolute atomic E-state index is 5.39. The predicted molar refractivity (Wildman–Crippen MR) is 79.6 cm³/mol. The lowest BCUT2D eigenvalue weighted by molar-refractivity contribution is 0.0360. The van der Waals surface area contributed by atoms with Crippen molar-refractivity contribution in [3.8, 4) is 0 Å². The molecule has 1 N–H and O–H groups in total. The maximum atomic E-state index is 5.39. The molecule has 0 radical (unpaired) electrons. The van der Waals surface area contributed by atoms with Gasteiger partial charge in [-0.1, -0.05) is 13.8 Å². The molecule has 0 bridgehead atoms. The molecule has 4 heteroatoms. The Morgan fingerprint density at radius 2 is 1.84 bits per heavy atom. The monoisotopic (exact) mass is 269 g/mol. The highest BCUT2D eigenvalue weighted by atomic mass is 16.5. The van der Waals surface area contributed by atoms with Crippen LogP contribution in [0.5, 0.6) is 0 Å². The summed E-state index contributed by atoms with van der Waals surface area (Å²) in [5, 5.41) is 3.68. The van der Waals surface area contributed by atoms with Crippen LogP contribution >= 0.6 is 0 Å². The van der Waals surface area contributed by atoms with E-state index >= 15 is 0 Å². The van der Waals surface area contributed by atoms with E-state index in [9.17, 15) is 0 Å². The summed E-state index contributed by atoms with van der Waals surface area (Å²) in [6, 6.07) is 0.672. The third-order valence-corrected chi connectivity index (χ3v) is 4.37. The van der Waals surface area contributed by atoms with Crippen molar-refractivity contribution in [2.75, 3.05) is 59.0 Å². The minimum absolute atomic E-state index is 0.672. The van der Waals surface area contributed by atoms with Crippen LogP contribution in [0.2, 0.25) is 0 Å². The van der Waals surface area contributed by atoms with Gasteiger partial charge in [0, 0.05) is 25.7 Å². The third-order valence-electron chi connectivity index (χ3n) is 4.37. The van der Waals surface area contributed by atoms with Crippen molar-refractivity contribution in [3.05, 3.63) is 0 Å². The van der Waals surface area contributed by atoms with Crippen molar-refractivity contribution in [2.45, 2.75) is 32.7 Å². The molecule has 2 heterocycles. The quantitative estimate of drug-likeness (QED) is 0.807. The van der Waals surface area contributed by atoms with Crippen molar-refractivity contribution < 1.29 is 4.74 Å². The van der Waals surface area contributed by atoms with E-state index in [2.05, 4.69) is 29.0 Å². The average molecular weight is 269 g/mol. The second-order valence-corrected chi connectivity index (χ2v) is 6.27. The first-order valence-electron chi connectivity index (χ1n) is 8.01. The van der Waals surface area contributed by atoms with Crippen LogP contribution in [0.15, 0.2) is 0 Å². The van der Waals surface area contributed by atoms with Crippen LogP contribution in [0.25, 0.3) is 0 Å². The first kappa shape index (κ1) is 15.2. The molecule has 0 aromatic heterocycles. The summed E-state index contributed by atoms with van der Waals surface area (Å²) in [4.78, 5) is 5.20. The molecule has 2 saturated heterocycles. The summed E-state index contributed by atoms with van der Waals surface area (Å²) in [5.41, 5.74) is 0. The lowest BCUT2D eigenvalue weighted by Gasteiger charge is -2.29. The van der Waals surface area contributed by atoms with Gasteiger partial charge in [-0.15, -0.1) is 0 Å². The van der Waals surface area contributed by atoms with E-state index in [-0.39, 0.29) is 0 Å². The molecule has 4 nitrogen and oxygen atoms in total. The fourth-order valence-corrected chi connectivity index (χ4v) is 3.02. The highest BCUT2D eigenvalue weighted by Crippen LogP contribution is 2.09. The zero-order chi connectivity index (χ0) is 13.5. The van der Waals surface area contributed by atoms with E-state index in [1.165, 1.54) is 45.6 Å². The van der Waals surface area contributed by atoms with Crippen LogP contribution in [0.3, 0.4) is 0 Å². The van der Waals surface area contributed by atoms with Crippen molar-refractivity contribution in [1.29, 1.82) is 0 Å². The van der Waals surface area contributed by atoms with Crippen molar-refractivity contribution in [2.24, 2.45) is 5.92 Å². The Bertz CT molecular complexity index is 242. The smallest absolute Gasteiger partial charge is 0.0594 e. The van der Waals surface area contributed by atoms with E-state index in [1.807, 2.05) is 0 Å². The molecule has 2 aliphatic rings. The molecule has 2 aliphatic heterocycles. The Balaban J connectivity index is 1.65. The van der Waals surface area contributed by atoms with Gasteiger partial charge in [-0.3, -0.25) is 4.90 Å². The first-order valence-corrected chi connectivity index (χ1v) is 8.01. The second kappa shape index (κ2) is 8.20. The van der Waals surface area contributed by atoms with Gasteiger partial charge < -0.3 is 15.0 Å². The highest BCUT2D eigenvalue weighted by molar-refractivity contribution is 4.79. The summed E-state index contributed by atoms with van der Waals surface area (Å²) < 4.78 is 5.39. The molecule has 2 rings (SSSR count). The number of hydrogen-bond donors (Lipinski definition) is 1. The van der Waals surface area contributed by atoms with Crippen LogP contribution < -0.4 is 5.32 Å². The van der Waals surface area contributed by atoms with E-state index < -0.39 is 0 Å². The topological polar surface area (TPSA) is 27.7 Å². The zero-order valence-electron chi connectivity index (χ0n) is 12.7. The van der Waals surface area contributed by atoms with Gasteiger partial charge in [0.05, 0.1) is 13.2 Å². The lowest BCUT2D eigenvalue weighted by Crippen LogP contribution is -2.42. The molecule has 1 unspecified atom stereocenters. The molecule has 19 heavy (non-hydrogen) atoms. The van der Waals surface area contributed by atoms with Crippen LogP contribution in [-0.4, -0.2) is 74.9 Å². The van der Waals surface area contributed by atoms with Crippen molar-refractivity contribution in [1.82, 2.24) is 15.1 Å². The molecule has 1 atom stereocenters. The van der Waals surface area contributed by atoms with Crippen LogP contribution in [0, 0.1) is 5.92 Å². The Morgan fingerprint density at radius 3 is 2.58 bits per heavy atom. The van der Waals surface area contributed by atoms with Gasteiger partial charge in [0.15, 0.2) is 0 Å². The Labute approximate surface area is 118 Å². The molecule has 112 valence electrons. The fraction of sp³-hybridized carbons (Fsp3) is 1.00. The number of nitrogens with one attached hydrogen (secondary N) is 1. The minimum atomic E-state index is 0.672. The van der Waals surface area contributed by atoms with Gasteiger partial charge in [0.2, 0.25) is 0 Å². The molecular weight excluding hydrogens is 238 g/mol. The van der Waals surface area contributed by atoms with E-state index in [4.69, 9.17) is 4.74 Å². The zero-order valence-corrected chi connectivity index (χ0v) is 12.7. The first-order chi connectivity index (χ1) is 9.25. The van der Waals surface area contributed by atoms with Gasteiger partial charge in [-0.05, 0) is 44.9 Å². The molecular formula is C15H31N3O. The number of hydrogen-bond acceptors (Lipinski definition) is 4. The largest absolute Gasteiger partial charge is 0.379 e. The fourth-order valence-electron chi connectivity index (χ4n) is 3.02. The van der Waals surface area contributed by atoms with Crippen LogP contribution in [-0.2, 0) is 4.74 Å². The van der Waals surface area contributed by atoms with Crippen LogP contribution in [0.1, 0.15) is 26.7 Å². The Hall–Kier alpha value is -0.160. The van der Waals surface area contributed by atoms with Gasteiger partial charge in [-0.2, -0.15) is 0 Å². The number of rotatable bonds is 5. The number of morpholine rings is 1. The van der Waals surface area contributed by atoms with Gasteiger partial charge >= 0.3 is 0 Å². The maximum Gasteiger partial charge on any atom is 0.0594 e. The minimum Gasteiger partial charge on any atom is -0.379 e. The van der Waals surface area contributed by atoms with Crippen molar-refractivity contribution >= 4 is 0 Å². The summed E-state index contributed by atoms with van der Waals surface area (Å²) in [6.07, 6.45) is 2.59. The van der Waals surface area contributed by atoms with Gasteiger partial charge in [0.1, 0.15) is 0 Å². The van der Waals surface area contributed by atoms with E-state index in [0.29, 0.717) is 6.04 Å². The predicted octanol–water partition coefficient (Wildman–Crippen LogP) is 1.03. The molecule has 0 spiro atoms. The van der Waals surface area contributed by atoms with Gasteiger partial charge in [-0.25, -0.2) is 0 Å². The summed E-state index contributed by atoms with van der Waals surface area (Å²) in [6.45, 7) is 14.9. The van der Waals surface area contributed by atoms with Gasteiger partial charge in [0.25, 0.3) is 0 Å². The summed E-state index contributed by atoms with van der Waals surface area (Å²) >= 11 is 0. The SMILES string of the molecule is CC(C)C1CN(CCCN2CCOCC2)CCCN1. The Kier molecular flexibility index (Phi) is 6.57. The Morgan fingerprint density at radius 1 is 1.11 bits per heavy atom. The van der Waals surface area contributed by atoms with E-state index in [0.717, 1.165) is 32.2 Å². The number of ether oxygens (including phenoxy) is 1. The average Bonchev–Trinajstić information content (AvgIpc) is 2.66. The lowest BCUT2D eigenvalue weighted by atomic mass is 10.0. The third kappa shape index (κ3) is 5.38. The molecule has 0 aromatic rings. The van der Waals surface area contributed by atoms with Crippen LogP contribution in [0.4, 0.5) is 0 Å². The summed E-state index contributed by atoms with van der Waals surface area (Å²) in [7, 11) is 0.